The Morgan fingerprint density at radius 3 is 2.15 bits per heavy atom. The van der Waals surface area contributed by atoms with Crippen molar-refractivity contribution >= 4 is 82.2 Å². The number of aromatic nitrogens is 1. The van der Waals surface area contributed by atoms with Crippen LogP contribution in [0.4, 0.5) is 5.69 Å². The van der Waals surface area contributed by atoms with E-state index < -0.39 is 127 Å². The average molecular weight is 1310 g/mol. The van der Waals surface area contributed by atoms with Gasteiger partial charge in [-0.15, -0.1) is 23.7 Å². The molecule has 2 aromatic rings. The minimum absolute atomic E-state index is 0.0207. The standard InChI is InChI=1S/C65H96N10O16S/c1-11-13-20-31-90-75(63(86)58(41(5)12-2)73-61(85)49-22-18-19-30-74(49)10)50(40(3)4)33-52(91-43(7)76)62-72-48(39-92-62)60(84)70-46(34-65(8,9)64(87)88)32-44-24-26-45(27-25-44)69-59(83)47(28-29-57(81)82)71-55(79)37-67-53(77)35-66-54(78)36-68-56(80)38-89-51-23-17-15-14-16-21-42(51)6/h1,21,24-27,39-41,46-47,49-52,58H,12-20,22-23,28-38H2,2-10H3,(H,66,78)(H,67,77)(H,68,80)(H,69,83)(H,70,84)(H,71,79)(H,73,85)(H,81,82)(H,87,88)/b42-21-/t41-,46-,47-,49+,50+,51?,52+,58-/m0/s1. The quantitative estimate of drug-likeness (QED) is 0.0139. The third-order valence-electron chi connectivity index (χ3n) is 16.2. The molecule has 4 rings (SSSR count). The van der Waals surface area contributed by atoms with E-state index in [0.29, 0.717) is 31.2 Å². The van der Waals surface area contributed by atoms with E-state index in [9.17, 15) is 63.0 Å². The van der Waals surface area contributed by atoms with Crippen LogP contribution < -0.4 is 37.2 Å². The number of likely N-dealkylation sites (N-methyl/N-ethyl adjacent to an activating group) is 1. The summed E-state index contributed by atoms with van der Waals surface area (Å²) in [5.41, 5.74) is 0.498. The van der Waals surface area contributed by atoms with Gasteiger partial charge in [0.2, 0.25) is 35.4 Å². The highest BCUT2D eigenvalue weighted by atomic mass is 32.1. The van der Waals surface area contributed by atoms with Gasteiger partial charge < -0.3 is 56.9 Å². The number of benzene rings is 1. The van der Waals surface area contributed by atoms with Crippen LogP contribution in [-0.4, -0.2) is 173 Å². The lowest BCUT2D eigenvalue weighted by molar-refractivity contribution is -0.213. The van der Waals surface area contributed by atoms with E-state index in [0.717, 1.165) is 68.4 Å². The van der Waals surface area contributed by atoms with Crippen LogP contribution in [0.5, 0.6) is 0 Å². The van der Waals surface area contributed by atoms with Gasteiger partial charge in [0, 0.05) is 43.3 Å². The minimum atomic E-state index is -1.37. The number of amides is 8. The number of rotatable bonds is 37. The maximum Gasteiger partial charge on any atom is 0.309 e. The van der Waals surface area contributed by atoms with Gasteiger partial charge in [-0.25, -0.2) is 10.0 Å². The number of carboxylic acid groups (broad SMARTS) is 2. The van der Waals surface area contributed by atoms with Crippen LogP contribution in [0.3, 0.4) is 0 Å². The van der Waals surface area contributed by atoms with Gasteiger partial charge >= 0.3 is 17.9 Å². The molecule has 9 N–H and O–H groups in total. The summed E-state index contributed by atoms with van der Waals surface area (Å²) in [5, 5.41) is 40.7. The molecule has 1 aromatic heterocycles. The number of terminal acetylenes is 1. The minimum Gasteiger partial charge on any atom is -0.481 e. The number of thiazole rings is 1. The normalized spacial score (nSPS) is 17.8. The van der Waals surface area contributed by atoms with Crippen molar-refractivity contribution in [3.05, 3.63) is 57.6 Å². The predicted octanol–water partition coefficient (Wildman–Crippen LogP) is 5.13. The van der Waals surface area contributed by atoms with Crippen LogP contribution in [0.25, 0.3) is 0 Å². The number of carbonyl (C=O) groups excluding carboxylic acids is 9. The number of likely N-dealkylation sites (tertiary alicyclic amines) is 1. The summed E-state index contributed by atoms with van der Waals surface area (Å²) >= 11 is 1.04. The van der Waals surface area contributed by atoms with E-state index in [1.807, 2.05) is 46.6 Å². The molecule has 508 valence electrons. The zero-order valence-electron chi connectivity index (χ0n) is 54.7. The molecular weight excluding hydrogens is 1210 g/mol. The first-order valence-electron chi connectivity index (χ1n) is 31.7. The summed E-state index contributed by atoms with van der Waals surface area (Å²) in [7, 11) is 1.89. The van der Waals surface area contributed by atoms with Crippen molar-refractivity contribution < 1.29 is 77.3 Å². The number of carboxylic acids is 2. The molecule has 0 bridgehead atoms. The van der Waals surface area contributed by atoms with Crippen molar-refractivity contribution in [3.8, 4) is 12.3 Å². The fraction of sp³-hybridized carbons (Fsp3) is 0.631. The molecule has 8 atom stereocenters. The summed E-state index contributed by atoms with van der Waals surface area (Å²) in [5.74, 6) is -6.03. The topological polar surface area (TPSA) is 359 Å². The van der Waals surface area contributed by atoms with Crippen molar-refractivity contribution in [1.29, 1.82) is 0 Å². The third-order valence-corrected chi connectivity index (χ3v) is 17.1. The smallest absolute Gasteiger partial charge is 0.309 e. The van der Waals surface area contributed by atoms with E-state index in [4.69, 9.17) is 20.7 Å². The highest BCUT2D eigenvalue weighted by Gasteiger charge is 2.40. The van der Waals surface area contributed by atoms with Crippen LogP contribution in [0.1, 0.15) is 179 Å². The molecule has 0 saturated carbocycles. The van der Waals surface area contributed by atoms with Gasteiger partial charge in [-0.3, -0.25) is 62.5 Å². The van der Waals surface area contributed by atoms with Crippen molar-refractivity contribution in [3.63, 3.8) is 0 Å². The Labute approximate surface area is 543 Å². The van der Waals surface area contributed by atoms with Gasteiger partial charge in [-0.1, -0.05) is 71.6 Å². The summed E-state index contributed by atoms with van der Waals surface area (Å²) in [6.07, 6.45) is 14.3. The van der Waals surface area contributed by atoms with Crippen LogP contribution in [0, 0.1) is 29.6 Å². The van der Waals surface area contributed by atoms with Crippen molar-refractivity contribution in [2.24, 2.45) is 17.3 Å². The molecule has 0 radical (unpaired) electrons. The molecular formula is C65H96N10O16S. The van der Waals surface area contributed by atoms with Gasteiger partial charge in [0.1, 0.15) is 29.4 Å². The molecule has 26 nitrogen and oxygen atoms in total. The lowest BCUT2D eigenvalue weighted by atomic mass is 9.84. The number of allylic oxidation sites excluding steroid dienone is 1. The summed E-state index contributed by atoms with van der Waals surface area (Å²) < 4.78 is 11.6. The molecule has 1 aliphatic heterocycles. The summed E-state index contributed by atoms with van der Waals surface area (Å²) in [4.78, 5) is 156. The van der Waals surface area contributed by atoms with E-state index in [1.54, 1.807) is 12.1 Å². The zero-order valence-corrected chi connectivity index (χ0v) is 55.5. The Morgan fingerprint density at radius 2 is 1.53 bits per heavy atom. The molecule has 1 aliphatic carbocycles. The second-order valence-corrected chi connectivity index (χ2v) is 25.5. The van der Waals surface area contributed by atoms with Crippen LogP contribution in [-0.2, 0) is 68.7 Å². The van der Waals surface area contributed by atoms with Crippen LogP contribution in [0.2, 0.25) is 0 Å². The number of ether oxygens (including phenoxy) is 2. The number of hydroxylamine groups is 2. The largest absolute Gasteiger partial charge is 0.481 e. The first-order valence-corrected chi connectivity index (χ1v) is 32.6. The Kier molecular flexibility index (Phi) is 32.4. The van der Waals surface area contributed by atoms with Gasteiger partial charge in [-0.05, 0) is 127 Å². The molecule has 1 fully saturated rings. The van der Waals surface area contributed by atoms with Gasteiger partial charge in [-0.2, -0.15) is 0 Å². The maximum absolute atomic E-state index is 14.9. The lowest BCUT2D eigenvalue weighted by Gasteiger charge is -2.39. The highest BCUT2D eigenvalue weighted by Crippen LogP contribution is 2.33. The number of unbranched alkanes of at least 4 members (excludes halogenated alkanes) is 1. The SMILES string of the molecule is C#CCCCON(C(=O)[C@@H](NC(=O)[C@H]1CCCCN1C)[C@@H](C)CC)[C@H](C[C@@H](OC(C)=O)c1nc(C(=O)N[C@@H](Cc2ccc(NC(=O)[C@H](CCC(=O)O)NC(=O)CNC(=O)CNC(=O)CNC(=O)COC3CCCCC/C=C\3C)cc2)CC(C)(C)C(=O)O)cs1)C(C)C. The van der Waals surface area contributed by atoms with E-state index >= 15 is 0 Å². The van der Waals surface area contributed by atoms with Gasteiger partial charge in [0.25, 0.3) is 11.8 Å². The Hall–Kier alpha value is -7.80. The summed E-state index contributed by atoms with van der Waals surface area (Å²) in [6, 6.07) is 1.98. The highest BCUT2D eigenvalue weighted by molar-refractivity contribution is 7.09. The van der Waals surface area contributed by atoms with E-state index in [1.165, 1.54) is 43.3 Å². The van der Waals surface area contributed by atoms with Gasteiger partial charge in [0.05, 0.1) is 49.8 Å². The molecule has 1 saturated heterocycles. The number of piperidine rings is 1. The molecule has 27 heteroatoms. The van der Waals surface area contributed by atoms with Crippen LogP contribution in [0.15, 0.2) is 41.3 Å². The fourth-order valence-electron chi connectivity index (χ4n) is 10.5. The first-order chi connectivity index (χ1) is 43.6. The summed E-state index contributed by atoms with van der Waals surface area (Å²) in [6.45, 7) is 12.8. The number of hydrogen-bond acceptors (Lipinski definition) is 17. The first kappa shape index (κ1) is 76.7. The number of aliphatic carboxylic acids is 2. The second-order valence-electron chi connectivity index (χ2n) is 24.6. The zero-order chi connectivity index (χ0) is 68.1. The Balaban J connectivity index is 1.43. The lowest BCUT2D eigenvalue weighted by Crippen LogP contribution is -2.58. The number of nitrogens with one attached hydrogen (secondary N) is 7. The molecule has 1 aromatic carbocycles. The number of carbonyl (C=O) groups is 11. The molecule has 8 amide bonds. The van der Waals surface area contributed by atoms with Crippen molar-refractivity contribution in [2.45, 2.75) is 201 Å². The number of nitrogens with zero attached hydrogens (tertiary/aromatic N) is 3. The third kappa shape index (κ3) is 26.4. The molecule has 0 spiro atoms. The molecule has 2 heterocycles. The predicted molar refractivity (Wildman–Crippen MR) is 343 cm³/mol. The van der Waals surface area contributed by atoms with Crippen molar-refractivity contribution in [2.75, 3.05) is 51.8 Å². The molecule has 1 unspecified atom stereocenters. The van der Waals surface area contributed by atoms with Crippen molar-refractivity contribution in [1.82, 2.24) is 46.8 Å². The Morgan fingerprint density at radius 1 is 0.870 bits per heavy atom. The van der Waals surface area contributed by atoms with E-state index in [2.05, 4.69) is 54.2 Å². The van der Waals surface area contributed by atoms with Crippen LogP contribution >= 0.6 is 11.3 Å². The van der Waals surface area contributed by atoms with Gasteiger partial charge in [0.15, 0.2) is 6.10 Å². The fourth-order valence-corrected chi connectivity index (χ4v) is 11.4. The number of esters is 1. The number of hydrogen-bond donors (Lipinski definition) is 9. The molecule has 2 aliphatic rings. The van der Waals surface area contributed by atoms with E-state index in [-0.39, 0.29) is 79.1 Å². The maximum atomic E-state index is 14.9. The second kappa shape index (κ2) is 38.9. The molecule has 92 heavy (non-hydrogen) atoms. The number of anilines is 1. The Bertz CT molecular complexity index is 2910. The monoisotopic (exact) mass is 1300 g/mol. The average Bonchev–Trinajstić information content (AvgIpc) is 1.29.